The van der Waals surface area contributed by atoms with E-state index in [0.29, 0.717) is 0 Å². The fourth-order valence-electron chi connectivity index (χ4n) is 9.27. The molecule has 9 aromatic carbocycles. The molecule has 3 heteroatoms. The lowest BCUT2D eigenvalue weighted by molar-refractivity contribution is 1.18. The minimum atomic E-state index is 0.948. The quantitative estimate of drug-likeness (QED) is 0.161. The van der Waals surface area contributed by atoms with Crippen LogP contribution in [-0.2, 0) is 0 Å². The Morgan fingerprint density at radius 1 is 0.293 bits per heavy atom. The molecule has 3 aromatic heterocycles. The van der Waals surface area contributed by atoms with Crippen molar-refractivity contribution in [2.75, 3.05) is 0 Å². The Balaban J connectivity index is 1.09. The topological polar surface area (TPSA) is 22.8 Å². The van der Waals surface area contributed by atoms with Crippen LogP contribution in [-0.4, -0.2) is 14.1 Å². The third-order valence-electron chi connectivity index (χ3n) is 11.9. The predicted molar refractivity (Wildman–Crippen MR) is 244 cm³/mol. The zero-order valence-corrected chi connectivity index (χ0v) is 31.5. The normalized spacial score (nSPS) is 11.8. The molecule has 0 atom stereocenters. The van der Waals surface area contributed by atoms with Gasteiger partial charge in [-0.15, -0.1) is 0 Å². The second kappa shape index (κ2) is 12.9. The van der Waals surface area contributed by atoms with Gasteiger partial charge in [-0.2, -0.15) is 0 Å². The van der Waals surface area contributed by atoms with Gasteiger partial charge in [0, 0.05) is 54.8 Å². The van der Waals surface area contributed by atoms with Crippen LogP contribution >= 0.6 is 0 Å². The Kier molecular flexibility index (Phi) is 7.23. The Labute approximate surface area is 335 Å². The van der Waals surface area contributed by atoms with Gasteiger partial charge in [0.1, 0.15) is 0 Å². The van der Waals surface area contributed by atoms with Crippen LogP contribution in [0.2, 0.25) is 0 Å². The minimum Gasteiger partial charge on any atom is -0.309 e. The fraction of sp³-hybridized carbons (Fsp3) is 0. The predicted octanol–water partition coefficient (Wildman–Crippen LogP) is 14.6. The van der Waals surface area contributed by atoms with Crippen LogP contribution in [0, 0.1) is 0 Å². The first-order valence-corrected chi connectivity index (χ1v) is 19.9. The van der Waals surface area contributed by atoms with Crippen molar-refractivity contribution in [1.29, 1.82) is 0 Å². The molecule has 0 aliphatic heterocycles. The van der Waals surface area contributed by atoms with E-state index in [9.17, 15) is 0 Å². The monoisotopic (exact) mass is 737 g/mol. The Hall–Kier alpha value is -7.75. The summed E-state index contributed by atoms with van der Waals surface area (Å²) in [5, 5.41) is 9.97. The number of para-hydroxylation sites is 3. The van der Waals surface area contributed by atoms with Crippen molar-refractivity contribution in [3.05, 3.63) is 212 Å². The van der Waals surface area contributed by atoms with E-state index in [1.54, 1.807) is 0 Å². The second-order valence-electron chi connectivity index (χ2n) is 15.1. The summed E-state index contributed by atoms with van der Waals surface area (Å²) in [6.45, 7) is 0. The number of fused-ring (bicyclic) bond motifs is 11. The van der Waals surface area contributed by atoms with Crippen LogP contribution < -0.4 is 0 Å². The molecule has 0 amide bonds. The van der Waals surface area contributed by atoms with Crippen LogP contribution in [0.25, 0.3) is 110 Å². The van der Waals surface area contributed by atoms with Gasteiger partial charge in [-0.3, -0.25) is 0 Å². The standard InChI is InChI=1S/C55H35N3/c1-4-14-36(15-5-1)40-34-49(37-16-6-2-7-17-37)56-50(35-40)38-24-28-42(29-25-38)57-51-22-12-10-20-43(51)46-33-32-45-48(54(46)57)31-27-39-26-30-47-44-21-11-13-23-52(44)58(55(47)53(39)45)41-18-8-3-9-19-41/h1-35H. The lowest BCUT2D eigenvalue weighted by Crippen LogP contribution is -1.96. The number of pyridine rings is 1. The van der Waals surface area contributed by atoms with Crippen LogP contribution in [0.5, 0.6) is 0 Å². The minimum absolute atomic E-state index is 0.948. The SMILES string of the molecule is c1ccc(-c2cc(-c3ccccc3)nc(-c3ccc(-n4c5ccccc5c5ccc6c(ccc7ccc8c9ccccc9n(-c9ccccc9)c8c76)c54)cc3)c2)cc1. The molecule has 0 bridgehead atoms. The van der Waals surface area contributed by atoms with Gasteiger partial charge in [0.25, 0.3) is 0 Å². The van der Waals surface area contributed by atoms with Crippen LogP contribution in [0.4, 0.5) is 0 Å². The zero-order chi connectivity index (χ0) is 38.2. The third-order valence-corrected chi connectivity index (χ3v) is 11.9. The number of rotatable bonds is 5. The van der Waals surface area contributed by atoms with Gasteiger partial charge in [0.2, 0.25) is 0 Å². The van der Waals surface area contributed by atoms with Crippen molar-refractivity contribution in [3.63, 3.8) is 0 Å². The van der Waals surface area contributed by atoms with E-state index < -0.39 is 0 Å². The summed E-state index contributed by atoms with van der Waals surface area (Å²) >= 11 is 0. The number of nitrogens with zero attached hydrogens (tertiary/aromatic N) is 3. The second-order valence-corrected chi connectivity index (χ2v) is 15.1. The highest BCUT2D eigenvalue weighted by Crippen LogP contribution is 2.43. The Morgan fingerprint density at radius 2 is 0.741 bits per heavy atom. The molecule has 0 spiro atoms. The zero-order valence-electron chi connectivity index (χ0n) is 31.5. The van der Waals surface area contributed by atoms with E-state index in [1.165, 1.54) is 70.7 Å². The van der Waals surface area contributed by atoms with E-state index in [1.807, 2.05) is 0 Å². The average Bonchev–Trinajstić information content (AvgIpc) is 3.83. The third kappa shape index (κ3) is 4.97. The summed E-state index contributed by atoms with van der Waals surface area (Å²) in [5.41, 5.74) is 13.5. The smallest absolute Gasteiger partial charge is 0.0715 e. The molecule has 0 fully saturated rings. The molecular formula is C55H35N3. The van der Waals surface area contributed by atoms with E-state index in [-0.39, 0.29) is 0 Å². The molecule has 0 N–H and O–H groups in total. The summed E-state index contributed by atoms with van der Waals surface area (Å²) in [6.07, 6.45) is 0. The van der Waals surface area contributed by atoms with Crippen molar-refractivity contribution in [2.24, 2.45) is 0 Å². The number of aromatic nitrogens is 3. The van der Waals surface area contributed by atoms with Crippen molar-refractivity contribution in [1.82, 2.24) is 14.1 Å². The highest BCUT2D eigenvalue weighted by atomic mass is 15.0. The summed E-state index contributed by atoms with van der Waals surface area (Å²) < 4.78 is 4.91. The Morgan fingerprint density at radius 3 is 1.38 bits per heavy atom. The number of hydrogen-bond acceptors (Lipinski definition) is 1. The fourth-order valence-corrected chi connectivity index (χ4v) is 9.27. The van der Waals surface area contributed by atoms with E-state index in [2.05, 4.69) is 221 Å². The van der Waals surface area contributed by atoms with Crippen molar-refractivity contribution in [3.8, 4) is 45.0 Å². The van der Waals surface area contributed by atoms with Gasteiger partial charge >= 0.3 is 0 Å². The van der Waals surface area contributed by atoms with E-state index in [0.717, 1.165) is 39.5 Å². The molecule has 0 unspecified atom stereocenters. The molecule has 3 heterocycles. The van der Waals surface area contributed by atoms with E-state index >= 15 is 0 Å². The summed E-state index contributed by atoms with van der Waals surface area (Å²) in [6, 6.07) is 76.7. The lowest BCUT2D eigenvalue weighted by Gasteiger charge is -2.14. The first-order chi connectivity index (χ1) is 28.8. The van der Waals surface area contributed by atoms with Gasteiger partial charge in [-0.1, -0.05) is 164 Å². The molecule has 0 aliphatic rings. The van der Waals surface area contributed by atoms with E-state index in [4.69, 9.17) is 4.98 Å². The average molecular weight is 738 g/mol. The first-order valence-electron chi connectivity index (χ1n) is 19.9. The molecule has 0 saturated carbocycles. The maximum atomic E-state index is 5.22. The first kappa shape index (κ1) is 32.5. The Bertz CT molecular complexity index is 3470. The lowest BCUT2D eigenvalue weighted by atomic mass is 9.97. The molecule has 0 aliphatic carbocycles. The molecule has 58 heavy (non-hydrogen) atoms. The largest absolute Gasteiger partial charge is 0.309 e. The molecule has 3 nitrogen and oxygen atoms in total. The summed E-state index contributed by atoms with van der Waals surface area (Å²) in [7, 11) is 0. The van der Waals surface area contributed by atoms with Crippen molar-refractivity contribution < 1.29 is 0 Å². The number of benzene rings is 9. The van der Waals surface area contributed by atoms with Crippen molar-refractivity contribution >= 4 is 65.2 Å². The molecule has 12 rings (SSSR count). The molecule has 270 valence electrons. The molecule has 12 aromatic rings. The van der Waals surface area contributed by atoms with Crippen LogP contribution in [0.1, 0.15) is 0 Å². The molecular weight excluding hydrogens is 703 g/mol. The maximum absolute atomic E-state index is 5.22. The molecule has 0 saturated heterocycles. The highest BCUT2D eigenvalue weighted by Gasteiger charge is 2.20. The molecule has 0 radical (unpaired) electrons. The van der Waals surface area contributed by atoms with Gasteiger partial charge in [0.05, 0.1) is 33.5 Å². The van der Waals surface area contributed by atoms with Crippen molar-refractivity contribution in [2.45, 2.75) is 0 Å². The highest BCUT2D eigenvalue weighted by molar-refractivity contribution is 6.29. The van der Waals surface area contributed by atoms with Gasteiger partial charge in [-0.05, 0) is 70.4 Å². The van der Waals surface area contributed by atoms with Gasteiger partial charge < -0.3 is 9.13 Å². The summed E-state index contributed by atoms with van der Waals surface area (Å²) in [5.74, 6) is 0. The van der Waals surface area contributed by atoms with Gasteiger partial charge in [0.15, 0.2) is 0 Å². The van der Waals surface area contributed by atoms with Gasteiger partial charge in [-0.25, -0.2) is 4.98 Å². The van der Waals surface area contributed by atoms with Crippen LogP contribution in [0.15, 0.2) is 212 Å². The number of hydrogen-bond donors (Lipinski definition) is 0. The maximum Gasteiger partial charge on any atom is 0.0715 e. The summed E-state index contributed by atoms with van der Waals surface area (Å²) in [4.78, 5) is 5.22. The van der Waals surface area contributed by atoms with Crippen LogP contribution in [0.3, 0.4) is 0 Å².